The van der Waals surface area contributed by atoms with Gasteiger partial charge in [0, 0.05) is 50.2 Å². The lowest BCUT2D eigenvalue weighted by Gasteiger charge is -2.25. The van der Waals surface area contributed by atoms with Crippen LogP contribution in [0.4, 0.5) is 20.7 Å². The number of hydrogen-bond donors (Lipinski definition) is 1. The number of aromatic nitrogens is 2. The molecule has 6 nitrogen and oxygen atoms in total. The van der Waals surface area contributed by atoms with Crippen molar-refractivity contribution in [3.63, 3.8) is 0 Å². The van der Waals surface area contributed by atoms with Crippen LogP contribution in [0.25, 0.3) is 11.1 Å². The Labute approximate surface area is 189 Å². The van der Waals surface area contributed by atoms with E-state index in [9.17, 15) is 9.18 Å². The summed E-state index contributed by atoms with van der Waals surface area (Å²) in [7, 11) is 2.74. The van der Waals surface area contributed by atoms with Crippen molar-refractivity contribution in [2.24, 2.45) is 0 Å². The van der Waals surface area contributed by atoms with Gasteiger partial charge in [0.05, 0.1) is 12.2 Å². The fraction of sp³-hybridized carbons (Fsp3) is 0.292. The molecule has 1 fully saturated rings. The van der Waals surface area contributed by atoms with Gasteiger partial charge in [-0.1, -0.05) is 24.3 Å². The highest BCUT2D eigenvalue weighted by Crippen LogP contribution is 2.38. The van der Waals surface area contributed by atoms with Gasteiger partial charge < -0.3 is 15.1 Å². The average Bonchev–Trinajstić information content (AvgIpc) is 3.37. The smallest absolute Gasteiger partial charge is 0.322 e. The Kier molecular flexibility index (Phi) is 5.30. The predicted molar refractivity (Wildman–Crippen MR) is 128 cm³/mol. The Morgan fingerprint density at radius 2 is 1.94 bits per heavy atom. The van der Waals surface area contributed by atoms with Crippen LogP contribution in [0.5, 0.6) is 0 Å². The van der Waals surface area contributed by atoms with Gasteiger partial charge in [0.15, 0.2) is 5.82 Å². The van der Waals surface area contributed by atoms with E-state index in [0.29, 0.717) is 37.6 Å². The molecule has 2 atom stereocenters. The largest absolute Gasteiger partial charge is 0.352 e. The van der Waals surface area contributed by atoms with Crippen LogP contribution in [0, 0.1) is 0 Å². The number of nitrogens with zero attached hydrogens (tertiary/aromatic N) is 4. The summed E-state index contributed by atoms with van der Waals surface area (Å²) >= 11 is 0. The highest BCUT2D eigenvalue weighted by atomic mass is 31.0. The standard InChI is InChI=1S/C24H25FN5OP/c1-24(25)8-11-29(15-24)22-21(19(7-10-27-22)18-4-2-3-5-20(18)32)28-23(31)30-13-16-6-9-26-12-17(16)14-30/h2-7,9-10,12H,8,11,13-15,32H2,1H3,(H,28,31). The molecule has 0 saturated carbocycles. The van der Waals surface area contributed by atoms with Crippen molar-refractivity contribution in [2.45, 2.75) is 32.1 Å². The summed E-state index contributed by atoms with van der Waals surface area (Å²) in [4.78, 5) is 25.7. The van der Waals surface area contributed by atoms with Crippen molar-refractivity contribution >= 4 is 32.1 Å². The van der Waals surface area contributed by atoms with Crippen LogP contribution >= 0.6 is 9.24 Å². The van der Waals surface area contributed by atoms with Gasteiger partial charge in [-0.2, -0.15) is 0 Å². The summed E-state index contributed by atoms with van der Waals surface area (Å²) in [5.41, 5.74) is 3.33. The van der Waals surface area contributed by atoms with E-state index in [4.69, 9.17) is 0 Å². The number of amides is 2. The molecule has 1 N–H and O–H groups in total. The Morgan fingerprint density at radius 3 is 2.69 bits per heavy atom. The van der Waals surface area contributed by atoms with Gasteiger partial charge in [-0.05, 0) is 41.1 Å². The Balaban J connectivity index is 1.52. The van der Waals surface area contributed by atoms with Crippen LogP contribution in [-0.4, -0.2) is 39.7 Å². The molecule has 2 unspecified atom stereocenters. The number of anilines is 2. The van der Waals surface area contributed by atoms with Gasteiger partial charge in [-0.25, -0.2) is 14.2 Å². The quantitative estimate of drug-likeness (QED) is 0.611. The molecule has 0 aliphatic carbocycles. The molecule has 2 amide bonds. The first-order valence-corrected chi connectivity index (χ1v) is 11.2. The molecule has 2 aromatic heterocycles. The zero-order valence-corrected chi connectivity index (χ0v) is 19.0. The van der Waals surface area contributed by atoms with Gasteiger partial charge in [0.2, 0.25) is 0 Å². The maximum atomic E-state index is 14.7. The van der Waals surface area contributed by atoms with Crippen molar-refractivity contribution in [3.05, 3.63) is 66.1 Å². The predicted octanol–water partition coefficient (Wildman–Crippen LogP) is 4.13. The van der Waals surface area contributed by atoms with E-state index >= 15 is 0 Å². The minimum absolute atomic E-state index is 0.208. The SMILES string of the molecule is CC1(F)CCN(c2nccc(-c3ccccc3P)c2NC(=O)N2Cc3ccncc3C2)C1. The van der Waals surface area contributed by atoms with E-state index in [2.05, 4.69) is 24.5 Å². The maximum Gasteiger partial charge on any atom is 0.322 e. The molecule has 4 heterocycles. The number of nitrogens with one attached hydrogen (secondary N) is 1. The van der Waals surface area contributed by atoms with Gasteiger partial charge in [-0.15, -0.1) is 9.24 Å². The average molecular weight is 449 g/mol. The molecule has 0 radical (unpaired) electrons. The third kappa shape index (κ3) is 3.93. The van der Waals surface area contributed by atoms with Gasteiger partial charge >= 0.3 is 6.03 Å². The zero-order chi connectivity index (χ0) is 22.3. The number of carbonyl (C=O) groups excluding carboxylic acids is 1. The number of pyridine rings is 2. The molecule has 32 heavy (non-hydrogen) atoms. The van der Waals surface area contributed by atoms with Crippen LogP contribution in [0.3, 0.4) is 0 Å². The highest BCUT2D eigenvalue weighted by molar-refractivity contribution is 7.28. The maximum absolute atomic E-state index is 14.7. The van der Waals surface area contributed by atoms with Crippen molar-refractivity contribution < 1.29 is 9.18 Å². The molecular weight excluding hydrogens is 424 g/mol. The highest BCUT2D eigenvalue weighted by Gasteiger charge is 2.36. The third-order valence-electron chi connectivity index (χ3n) is 6.15. The van der Waals surface area contributed by atoms with Crippen molar-refractivity contribution in [3.8, 4) is 11.1 Å². The van der Waals surface area contributed by atoms with Crippen LogP contribution in [-0.2, 0) is 13.1 Å². The van der Waals surface area contributed by atoms with Crippen LogP contribution < -0.4 is 15.5 Å². The summed E-state index contributed by atoms with van der Waals surface area (Å²) in [5, 5.41) is 4.13. The summed E-state index contributed by atoms with van der Waals surface area (Å²) in [6.45, 7) is 3.45. The molecule has 1 aromatic carbocycles. The van der Waals surface area contributed by atoms with E-state index in [-0.39, 0.29) is 12.6 Å². The van der Waals surface area contributed by atoms with E-state index in [0.717, 1.165) is 27.6 Å². The van der Waals surface area contributed by atoms with Crippen LogP contribution in [0.2, 0.25) is 0 Å². The Bertz CT molecular complexity index is 1160. The first-order chi connectivity index (χ1) is 15.4. The van der Waals surface area contributed by atoms with Crippen molar-refractivity contribution in [1.82, 2.24) is 14.9 Å². The number of urea groups is 1. The lowest BCUT2D eigenvalue weighted by molar-refractivity contribution is 0.212. The molecule has 5 rings (SSSR count). The normalized spacial score (nSPS) is 19.8. The Hall–Kier alpha value is -3.05. The second-order valence-corrected chi connectivity index (χ2v) is 9.28. The lowest BCUT2D eigenvalue weighted by atomic mass is 10.0. The molecule has 8 heteroatoms. The first-order valence-electron chi connectivity index (χ1n) is 10.7. The van der Waals surface area contributed by atoms with Crippen LogP contribution in [0.1, 0.15) is 24.5 Å². The number of alkyl halides is 1. The molecular formula is C24H25FN5OP. The summed E-state index contributed by atoms with van der Waals surface area (Å²) in [5.74, 6) is 0.601. The number of carbonyl (C=O) groups is 1. The van der Waals surface area contributed by atoms with E-state index in [1.54, 1.807) is 30.4 Å². The molecule has 2 aliphatic rings. The zero-order valence-electron chi connectivity index (χ0n) is 17.9. The monoisotopic (exact) mass is 449 g/mol. The van der Waals surface area contributed by atoms with E-state index in [1.165, 1.54) is 0 Å². The van der Waals surface area contributed by atoms with Gasteiger partial charge in [0.1, 0.15) is 5.67 Å². The molecule has 2 aliphatic heterocycles. The minimum atomic E-state index is -1.28. The first kappa shape index (κ1) is 20.8. The lowest BCUT2D eigenvalue weighted by Crippen LogP contribution is -2.32. The van der Waals surface area contributed by atoms with E-state index < -0.39 is 5.67 Å². The van der Waals surface area contributed by atoms with Crippen LogP contribution in [0.15, 0.2) is 55.0 Å². The van der Waals surface area contributed by atoms with Crippen molar-refractivity contribution in [2.75, 3.05) is 23.3 Å². The molecule has 0 spiro atoms. The number of hydrogen-bond acceptors (Lipinski definition) is 4. The van der Waals surface area contributed by atoms with Crippen molar-refractivity contribution in [1.29, 1.82) is 0 Å². The Morgan fingerprint density at radius 1 is 1.12 bits per heavy atom. The summed E-state index contributed by atoms with van der Waals surface area (Å²) in [6, 6.07) is 11.6. The number of halogens is 1. The molecule has 164 valence electrons. The summed E-state index contributed by atoms with van der Waals surface area (Å²) < 4.78 is 14.7. The van der Waals surface area contributed by atoms with Gasteiger partial charge in [-0.3, -0.25) is 4.98 Å². The summed E-state index contributed by atoms with van der Waals surface area (Å²) in [6.07, 6.45) is 5.71. The fourth-order valence-corrected chi connectivity index (χ4v) is 4.80. The topological polar surface area (TPSA) is 61.4 Å². The molecule has 1 saturated heterocycles. The second-order valence-electron chi connectivity index (χ2n) is 8.66. The number of benzene rings is 1. The second kappa shape index (κ2) is 8.14. The number of fused-ring (bicyclic) bond motifs is 1. The fourth-order valence-electron chi connectivity index (χ4n) is 4.43. The number of rotatable bonds is 3. The van der Waals surface area contributed by atoms with Gasteiger partial charge in [0.25, 0.3) is 0 Å². The minimum Gasteiger partial charge on any atom is -0.352 e. The molecule has 0 bridgehead atoms. The van der Waals surface area contributed by atoms with E-state index in [1.807, 2.05) is 41.3 Å². The molecule has 3 aromatic rings. The third-order valence-corrected chi connectivity index (χ3v) is 6.65.